The third-order valence-electron chi connectivity index (χ3n) is 5.30. The highest BCUT2D eigenvalue weighted by molar-refractivity contribution is 5.76. The predicted octanol–water partition coefficient (Wildman–Crippen LogP) is 3.31. The molecule has 0 radical (unpaired) electrons. The molecular formula is C17H29NO3. The molecule has 0 bridgehead atoms. The Kier molecular flexibility index (Phi) is 6.07. The molecule has 2 aliphatic rings. The molecule has 1 saturated heterocycles. The van der Waals surface area contributed by atoms with Gasteiger partial charge < -0.3 is 10.0 Å². The van der Waals surface area contributed by atoms with Gasteiger partial charge in [0.2, 0.25) is 5.91 Å². The second-order valence-corrected chi connectivity index (χ2v) is 7.03. The summed E-state index contributed by atoms with van der Waals surface area (Å²) in [4.78, 5) is 25.3. The lowest BCUT2D eigenvalue weighted by molar-refractivity contribution is -0.138. The van der Waals surface area contributed by atoms with E-state index in [1.165, 1.54) is 32.1 Å². The van der Waals surface area contributed by atoms with Gasteiger partial charge in [-0.25, -0.2) is 0 Å². The van der Waals surface area contributed by atoms with Crippen LogP contribution < -0.4 is 0 Å². The van der Waals surface area contributed by atoms with Crippen LogP contribution in [0.2, 0.25) is 0 Å². The van der Waals surface area contributed by atoms with E-state index in [0.29, 0.717) is 24.2 Å². The van der Waals surface area contributed by atoms with Crippen molar-refractivity contribution in [2.45, 2.75) is 64.7 Å². The van der Waals surface area contributed by atoms with Gasteiger partial charge in [-0.15, -0.1) is 0 Å². The minimum absolute atomic E-state index is 0.160. The number of nitrogens with zero attached hydrogens (tertiary/aromatic N) is 1. The summed E-state index contributed by atoms with van der Waals surface area (Å²) in [5.41, 5.74) is 0. The minimum atomic E-state index is -0.729. The van der Waals surface area contributed by atoms with Crippen molar-refractivity contribution in [2.75, 3.05) is 13.1 Å². The van der Waals surface area contributed by atoms with E-state index in [1.807, 2.05) is 11.8 Å². The van der Waals surface area contributed by atoms with E-state index < -0.39 is 5.97 Å². The van der Waals surface area contributed by atoms with Crippen LogP contribution in [0.4, 0.5) is 0 Å². The van der Waals surface area contributed by atoms with Crippen LogP contribution in [-0.2, 0) is 9.59 Å². The number of aliphatic carboxylic acids is 1. The van der Waals surface area contributed by atoms with Crippen molar-refractivity contribution in [1.82, 2.24) is 4.90 Å². The fourth-order valence-electron chi connectivity index (χ4n) is 3.91. The summed E-state index contributed by atoms with van der Waals surface area (Å²) in [6.45, 7) is 3.63. The van der Waals surface area contributed by atoms with Crippen LogP contribution >= 0.6 is 0 Å². The maximum Gasteiger partial charge on any atom is 0.303 e. The highest BCUT2D eigenvalue weighted by Gasteiger charge is 2.29. The Hall–Kier alpha value is -1.06. The van der Waals surface area contributed by atoms with Crippen molar-refractivity contribution in [1.29, 1.82) is 0 Å². The molecule has 0 aromatic heterocycles. The summed E-state index contributed by atoms with van der Waals surface area (Å²) in [6.07, 6.45) is 9.29. The van der Waals surface area contributed by atoms with Gasteiger partial charge in [-0.2, -0.15) is 0 Å². The van der Waals surface area contributed by atoms with Gasteiger partial charge in [0.05, 0.1) is 0 Å². The first kappa shape index (κ1) is 16.3. The van der Waals surface area contributed by atoms with Crippen molar-refractivity contribution >= 4 is 11.9 Å². The number of piperidine rings is 1. The zero-order valence-corrected chi connectivity index (χ0v) is 13.2. The second kappa shape index (κ2) is 7.81. The van der Waals surface area contributed by atoms with Gasteiger partial charge in [-0.05, 0) is 43.4 Å². The zero-order chi connectivity index (χ0) is 15.2. The van der Waals surface area contributed by atoms with Crippen molar-refractivity contribution in [2.24, 2.45) is 17.8 Å². The fourth-order valence-corrected chi connectivity index (χ4v) is 3.91. The van der Waals surface area contributed by atoms with Gasteiger partial charge >= 0.3 is 5.97 Å². The first-order chi connectivity index (χ1) is 10.1. The minimum Gasteiger partial charge on any atom is -0.481 e. The molecule has 1 amide bonds. The Labute approximate surface area is 127 Å². The first-order valence-electron chi connectivity index (χ1n) is 8.56. The number of carbonyl (C=O) groups is 2. The Bertz CT molecular complexity index is 363. The molecule has 2 atom stereocenters. The average Bonchev–Trinajstić information content (AvgIpc) is 2.47. The van der Waals surface area contributed by atoms with Crippen LogP contribution in [0, 0.1) is 17.8 Å². The highest BCUT2D eigenvalue weighted by atomic mass is 16.4. The van der Waals surface area contributed by atoms with Gasteiger partial charge in [0.15, 0.2) is 0 Å². The second-order valence-electron chi connectivity index (χ2n) is 7.03. The maximum absolute atomic E-state index is 12.5. The lowest BCUT2D eigenvalue weighted by Crippen LogP contribution is -2.42. The number of amides is 1. The van der Waals surface area contributed by atoms with E-state index in [1.54, 1.807) is 0 Å². The summed E-state index contributed by atoms with van der Waals surface area (Å²) in [5, 5.41) is 8.93. The molecule has 2 unspecified atom stereocenters. The molecule has 1 aliphatic carbocycles. The SMILES string of the molecule is CC(CC(=O)O)C1CCCN(C(=O)CC2CCCCC2)C1. The lowest BCUT2D eigenvalue weighted by Gasteiger charge is -2.36. The van der Waals surface area contributed by atoms with Crippen LogP contribution in [-0.4, -0.2) is 35.0 Å². The normalized spacial score (nSPS) is 25.6. The summed E-state index contributed by atoms with van der Waals surface area (Å²) < 4.78 is 0. The van der Waals surface area contributed by atoms with Crippen LogP contribution in [0.1, 0.15) is 64.7 Å². The Balaban J connectivity index is 1.81. The summed E-state index contributed by atoms with van der Waals surface area (Å²) in [6, 6.07) is 0. The van der Waals surface area contributed by atoms with E-state index in [0.717, 1.165) is 25.9 Å². The summed E-state index contributed by atoms with van der Waals surface area (Å²) in [7, 11) is 0. The van der Waals surface area contributed by atoms with Crippen molar-refractivity contribution < 1.29 is 14.7 Å². The number of carboxylic acids is 1. The van der Waals surface area contributed by atoms with Crippen molar-refractivity contribution in [3.05, 3.63) is 0 Å². The number of carboxylic acid groups (broad SMARTS) is 1. The quantitative estimate of drug-likeness (QED) is 0.846. The third kappa shape index (κ3) is 5.01. The number of hydrogen-bond acceptors (Lipinski definition) is 2. The molecule has 4 nitrogen and oxygen atoms in total. The molecule has 4 heteroatoms. The van der Waals surface area contributed by atoms with Gasteiger partial charge in [-0.1, -0.05) is 26.2 Å². The van der Waals surface area contributed by atoms with E-state index in [4.69, 9.17) is 5.11 Å². The predicted molar refractivity (Wildman–Crippen MR) is 81.9 cm³/mol. The van der Waals surface area contributed by atoms with Crippen LogP contribution in [0.3, 0.4) is 0 Å². The largest absolute Gasteiger partial charge is 0.481 e. The fraction of sp³-hybridized carbons (Fsp3) is 0.882. The molecule has 1 heterocycles. The topological polar surface area (TPSA) is 57.6 Å². The molecule has 1 N–H and O–H groups in total. The molecule has 1 aliphatic heterocycles. The van der Waals surface area contributed by atoms with Crippen LogP contribution in [0.15, 0.2) is 0 Å². The Morgan fingerprint density at radius 1 is 1.14 bits per heavy atom. The molecule has 0 aromatic carbocycles. The number of rotatable bonds is 5. The van der Waals surface area contributed by atoms with E-state index in [9.17, 15) is 9.59 Å². The van der Waals surface area contributed by atoms with Gasteiger partial charge in [0.25, 0.3) is 0 Å². The Morgan fingerprint density at radius 3 is 2.52 bits per heavy atom. The molecule has 2 rings (SSSR count). The van der Waals surface area contributed by atoms with E-state index in [-0.39, 0.29) is 12.3 Å². The van der Waals surface area contributed by atoms with E-state index >= 15 is 0 Å². The average molecular weight is 295 g/mol. The van der Waals surface area contributed by atoms with E-state index in [2.05, 4.69) is 0 Å². The first-order valence-corrected chi connectivity index (χ1v) is 8.56. The van der Waals surface area contributed by atoms with Crippen molar-refractivity contribution in [3.63, 3.8) is 0 Å². The Morgan fingerprint density at radius 2 is 1.86 bits per heavy atom. The standard InChI is InChI=1S/C17H29NO3/c1-13(10-17(20)21)15-8-5-9-18(12-15)16(19)11-14-6-3-2-4-7-14/h13-15H,2-12H2,1H3,(H,20,21). The maximum atomic E-state index is 12.5. The molecule has 2 fully saturated rings. The molecule has 1 saturated carbocycles. The zero-order valence-electron chi connectivity index (χ0n) is 13.2. The third-order valence-corrected chi connectivity index (χ3v) is 5.30. The lowest BCUT2D eigenvalue weighted by atomic mass is 9.83. The smallest absolute Gasteiger partial charge is 0.303 e. The summed E-state index contributed by atoms with van der Waals surface area (Å²) >= 11 is 0. The van der Waals surface area contributed by atoms with Gasteiger partial charge in [0.1, 0.15) is 0 Å². The van der Waals surface area contributed by atoms with Gasteiger partial charge in [-0.3, -0.25) is 9.59 Å². The summed E-state index contributed by atoms with van der Waals surface area (Å²) in [5.74, 6) is 0.670. The molecule has 120 valence electrons. The number of likely N-dealkylation sites (tertiary alicyclic amines) is 1. The van der Waals surface area contributed by atoms with Gasteiger partial charge in [0, 0.05) is 25.9 Å². The van der Waals surface area contributed by atoms with Crippen molar-refractivity contribution in [3.8, 4) is 0 Å². The van der Waals surface area contributed by atoms with Crippen LogP contribution in [0.25, 0.3) is 0 Å². The number of carbonyl (C=O) groups excluding carboxylic acids is 1. The molecule has 0 aromatic rings. The number of hydrogen-bond donors (Lipinski definition) is 1. The monoisotopic (exact) mass is 295 g/mol. The molecule has 21 heavy (non-hydrogen) atoms. The highest BCUT2D eigenvalue weighted by Crippen LogP contribution is 2.30. The molecular weight excluding hydrogens is 266 g/mol. The molecule has 0 spiro atoms. The van der Waals surface area contributed by atoms with Crippen LogP contribution in [0.5, 0.6) is 0 Å².